The van der Waals surface area contributed by atoms with Gasteiger partial charge in [-0.2, -0.15) is 0 Å². The quantitative estimate of drug-likeness (QED) is 0.322. The Morgan fingerprint density at radius 3 is 2.79 bits per heavy atom. The maximum Gasteiger partial charge on any atom is 0.191 e. The number of hydrogen-bond donors (Lipinski definition) is 0. The Bertz CT molecular complexity index is 930. The van der Waals surface area contributed by atoms with Crippen molar-refractivity contribution < 1.29 is 0 Å². The Morgan fingerprint density at radius 2 is 2.07 bits per heavy atom. The van der Waals surface area contributed by atoms with Crippen molar-refractivity contribution in [2.75, 3.05) is 13.1 Å². The molecule has 0 spiro atoms. The largest absolute Gasteiger partial charge is 0.302 e. The molecule has 2 aromatic heterocycles. The highest BCUT2D eigenvalue weighted by atomic mass is 35.5. The molecule has 1 aromatic carbocycles. The summed E-state index contributed by atoms with van der Waals surface area (Å²) in [7, 11) is 0. The normalized spacial score (nSPS) is 15.6. The van der Waals surface area contributed by atoms with Crippen LogP contribution in [0, 0.1) is 0 Å². The van der Waals surface area contributed by atoms with Gasteiger partial charge in [0.05, 0.1) is 0 Å². The Labute approximate surface area is 185 Å². The molecule has 4 rings (SSSR count). The topological polar surface area (TPSA) is 34.0 Å². The molecule has 1 fully saturated rings. The van der Waals surface area contributed by atoms with Crippen LogP contribution in [0.25, 0.3) is 0 Å². The van der Waals surface area contributed by atoms with Crippen molar-refractivity contribution >= 4 is 34.7 Å². The van der Waals surface area contributed by atoms with Crippen LogP contribution in [0.1, 0.15) is 35.0 Å². The summed E-state index contributed by atoms with van der Waals surface area (Å²) in [6.45, 7) is 7.95. The minimum absolute atomic E-state index is 0.461. The molecule has 0 saturated carbocycles. The number of nitrogens with zero attached hydrogens (tertiary/aromatic N) is 4. The van der Waals surface area contributed by atoms with Crippen LogP contribution in [0.4, 0.5) is 0 Å². The third-order valence-electron chi connectivity index (χ3n) is 5.23. The van der Waals surface area contributed by atoms with E-state index in [1.807, 2.05) is 35.6 Å². The predicted octanol–water partition coefficient (Wildman–Crippen LogP) is 5.85. The fraction of sp³-hybridized carbons (Fsp3) is 0.364. The summed E-state index contributed by atoms with van der Waals surface area (Å²) >= 11 is 9.66. The van der Waals surface area contributed by atoms with Crippen LogP contribution in [-0.2, 0) is 18.8 Å². The average molecular weight is 445 g/mol. The smallest absolute Gasteiger partial charge is 0.191 e. The highest BCUT2D eigenvalue weighted by molar-refractivity contribution is 7.98. The second-order valence-corrected chi connectivity index (χ2v) is 9.70. The van der Waals surface area contributed by atoms with Crippen LogP contribution in [0.15, 0.2) is 59.6 Å². The average Bonchev–Trinajstić information content (AvgIpc) is 3.38. The van der Waals surface area contributed by atoms with Crippen molar-refractivity contribution in [3.63, 3.8) is 0 Å². The lowest BCUT2D eigenvalue weighted by atomic mass is 9.96. The summed E-state index contributed by atoms with van der Waals surface area (Å²) < 4.78 is 2.24. The number of thioether (sulfide) groups is 1. The molecule has 0 aliphatic carbocycles. The van der Waals surface area contributed by atoms with Crippen LogP contribution in [0.5, 0.6) is 0 Å². The van der Waals surface area contributed by atoms with Crippen molar-refractivity contribution in [1.82, 2.24) is 19.7 Å². The van der Waals surface area contributed by atoms with E-state index < -0.39 is 0 Å². The Balaban J connectivity index is 1.40. The second-order valence-electron chi connectivity index (χ2n) is 7.29. The van der Waals surface area contributed by atoms with E-state index in [2.05, 4.69) is 49.8 Å². The van der Waals surface area contributed by atoms with Gasteiger partial charge in [-0.05, 0) is 55.1 Å². The van der Waals surface area contributed by atoms with Gasteiger partial charge in [-0.3, -0.25) is 4.90 Å². The van der Waals surface area contributed by atoms with Gasteiger partial charge in [-0.15, -0.1) is 28.1 Å². The zero-order chi connectivity index (χ0) is 20.1. The number of rotatable bonds is 8. The molecule has 0 radical (unpaired) electrons. The van der Waals surface area contributed by atoms with Gasteiger partial charge in [0.2, 0.25) is 0 Å². The zero-order valence-electron chi connectivity index (χ0n) is 16.3. The number of halogens is 1. The van der Waals surface area contributed by atoms with Gasteiger partial charge in [-0.1, -0.05) is 47.6 Å². The van der Waals surface area contributed by atoms with Gasteiger partial charge in [-0.25, -0.2) is 0 Å². The molecule has 3 aromatic rings. The van der Waals surface area contributed by atoms with Gasteiger partial charge in [0, 0.05) is 34.7 Å². The third-order valence-corrected chi connectivity index (χ3v) is 7.36. The van der Waals surface area contributed by atoms with E-state index in [1.54, 1.807) is 11.8 Å². The molecule has 7 heteroatoms. The van der Waals surface area contributed by atoms with E-state index in [0.717, 1.165) is 60.8 Å². The first kappa shape index (κ1) is 20.7. The van der Waals surface area contributed by atoms with E-state index in [-0.39, 0.29) is 0 Å². The molecule has 0 amide bonds. The number of thiophene rings is 1. The van der Waals surface area contributed by atoms with Crippen molar-refractivity contribution in [3.05, 3.63) is 75.7 Å². The van der Waals surface area contributed by atoms with Crippen LogP contribution in [0.3, 0.4) is 0 Å². The van der Waals surface area contributed by atoms with Crippen LogP contribution in [0.2, 0.25) is 5.02 Å². The molecule has 0 bridgehead atoms. The van der Waals surface area contributed by atoms with E-state index in [4.69, 9.17) is 11.6 Å². The zero-order valence-corrected chi connectivity index (χ0v) is 18.7. The lowest BCUT2D eigenvalue weighted by Gasteiger charge is -2.31. The Hall–Kier alpha value is -1.60. The SMILES string of the molecule is C=CCn1c(SCc2cccc(Cl)c2)nnc1C1CCN(Cc2cccs2)CC1. The third kappa shape index (κ3) is 5.31. The van der Waals surface area contributed by atoms with Crippen LogP contribution >= 0.6 is 34.7 Å². The first-order valence-corrected chi connectivity index (χ1v) is 12.1. The molecule has 0 N–H and O–H groups in total. The van der Waals surface area contributed by atoms with Crippen LogP contribution < -0.4 is 0 Å². The molecule has 1 aliphatic heterocycles. The van der Waals surface area contributed by atoms with Crippen molar-refractivity contribution in [1.29, 1.82) is 0 Å². The van der Waals surface area contributed by atoms with Gasteiger partial charge >= 0.3 is 0 Å². The predicted molar refractivity (Wildman–Crippen MR) is 123 cm³/mol. The molecule has 0 atom stereocenters. The molecule has 3 heterocycles. The van der Waals surface area contributed by atoms with E-state index >= 15 is 0 Å². The standard InChI is InChI=1S/C22H25ClN4S2/c1-2-10-27-21(18-8-11-26(12-9-18)15-20-7-4-13-28-20)24-25-22(27)29-16-17-5-3-6-19(23)14-17/h2-7,13-14,18H,1,8-12,15-16H2. The number of likely N-dealkylation sites (tertiary alicyclic amines) is 1. The molecule has 4 nitrogen and oxygen atoms in total. The highest BCUT2D eigenvalue weighted by Crippen LogP contribution is 2.31. The monoisotopic (exact) mass is 444 g/mol. The van der Waals surface area contributed by atoms with E-state index in [9.17, 15) is 0 Å². The Kier molecular flexibility index (Phi) is 7.08. The van der Waals surface area contributed by atoms with Gasteiger partial charge in [0.25, 0.3) is 0 Å². The number of aromatic nitrogens is 3. The number of hydrogen-bond acceptors (Lipinski definition) is 5. The molecule has 1 aliphatic rings. The van der Waals surface area contributed by atoms with Crippen LogP contribution in [-0.4, -0.2) is 32.8 Å². The fourth-order valence-corrected chi connectivity index (χ4v) is 5.61. The molecule has 29 heavy (non-hydrogen) atoms. The van der Waals surface area contributed by atoms with Crippen molar-refractivity contribution in [3.8, 4) is 0 Å². The van der Waals surface area contributed by atoms with Crippen molar-refractivity contribution in [2.24, 2.45) is 0 Å². The lowest BCUT2D eigenvalue weighted by molar-refractivity contribution is 0.201. The molecule has 1 saturated heterocycles. The molecule has 152 valence electrons. The molecular weight excluding hydrogens is 420 g/mol. The summed E-state index contributed by atoms with van der Waals surface area (Å²) in [4.78, 5) is 3.99. The van der Waals surface area contributed by atoms with E-state index in [1.165, 1.54) is 10.4 Å². The summed E-state index contributed by atoms with van der Waals surface area (Å²) in [5, 5.41) is 13.0. The maximum atomic E-state index is 6.11. The number of benzene rings is 1. The molecule has 0 unspecified atom stereocenters. The fourth-order valence-electron chi connectivity index (χ4n) is 3.76. The summed E-state index contributed by atoms with van der Waals surface area (Å²) in [6.07, 6.45) is 4.18. The number of allylic oxidation sites excluding steroid dienone is 1. The highest BCUT2D eigenvalue weighted by Gasteiger charge is 2.26. The van der Waals surface area contributed by atoms with Gasteiger partial charge in [0.15, 0.2) is 5.16 Å². The summed E-state index contributed by atoms with van der Waals surface area (Å²) in [6, 6.07) is 12.3. The Morgan fingerprint density at radius 1 is 1.21 bits per heavy atom. The molecular formula is C22H25ClN4S2. The summed E-state index contributed by atoms with van der Waals surface area (Å²) in [5.74, 6) is 2.39. The minimum Gasteiger partial charge on any atom is -0.302 e. The van der Waals surface area contributed by atoms with Crippen molar-refractivity contribution in [2.45, 2.75) is 42.8 Å². The van der Waals surface area contributed by atoms with Gasteiger partial charge in [0.1, 0.15) is 5.82 Å². The lowest BCUT2D eigenvalue weighted by Crippen LogP contribution is -2.33. The van der Waals surface area contributed by atoms with E-state index in [0.29, 0.717) is 5.92 Å². The first-order chi connectivity index (χ1) is 14.2. The summed E-state index contributed by atoms with van der Waals surface area (Å²) in [5.41, 5.74) is 1.19. The first-order valence-electron chi connectivity index (χ1n) is 9.89. The number of piperidine rings is 1. The van der Waals surface area contributed by atoms with Gasteiger partial charge < -0.3 is 4.57 Å². The second kappa shape index (κ2) is 9.94. The maximum absolute atomic E-state index is 6.11. The minimum atomic E-state index is 0.461.